The number of carbonyl (C=O) groups excluding carboxylic acids is 2. The van der Waals surface area contributed by atoms with Gasteiger partial charge in [0.2, 0.25) is 5.88 Å². The SMILES string of the molecule is COc1ccc(C2(F)CCC(N3CC[C@@H](CC(=O)CNC(=O)c4cccc(C(F)(F)F)c4)C3)CC2)cn1. The summed E-state index contributed by atoms with van der Waals surface area (Å²) in [6.07, 6.45) is 0.386. The Balaban J connectivity index is 1.21. The quantitative estimate of drug-likeness (QED) is 0.499. The summed E-state index contributed by atoms with van der Waals surface area (Å²) in [6.45, 7) is 1.35. The summed E-state index contributed by atoms with van der Waals surface area (Å²) < 4.78 is 59.2. The van der Waals surface area contributed by atoms with Gasteiger partial charge >= 0.3 is 6.18 Å². The molecule has 0 unspecified atom stereocenters. The monoisotopic (exact) mass is 521 g/mol. The number of halogens is 4. The second-order valence-electron chi connectivity index (χ2n) is 9.94. The Morgan fingerprint density at radius 2 is 1.92 bits per heavy atom. The molecule has 2 aliphatic rings. The summed E-state index contributed by atoms with van der Waals surface area (Å²) in [5, 5.41) is 2.43. The van der Waals surface area contributed by atoms with Crippen LogP contribution in [0.15, 0.2) is 42.6 Å². The first-order valence-corrected chi connectivity index (χ1v) is 12.5. The van der Waals surface area contributed by atoms with E-state index in [2.05, 4.69) is 15.2 Å². The fraction of sp³-hybridized carbons (Fsp3) is 0.519. The number of hydrogen-bond donors (Lipinski definition) is 1. The number of benzene rings is 1. The molecule has 2 aromatic rings. The smallest absolute Gasteiger partial charge is 0.416 e. The van der Waals surface area contributed by atoms with Crippen LogP contribution in [0.3, 0.4) is 0 Å². The van der Waals surface area contributed by atoms with E-state index in [4.69, 9.17) is 4.74 Å². The van der Waals surface area contributed by atoms with Gasteiger partial charge in [0.25, 0.3) is 5.91 Å². The number of rotatable bonds is 8. The molecule has 1 aromatic heterocycles. The lowest BCUT2D eigenvalue weighted by atomic mass is 9.79. The van der Waals surface area contributed by atoms with Crippen LogP contribution in [0, 0.1) is 5.92 Å². The van der Waals surface area contributed by atoms with Crippen LogP contribution < -0.4 is 10.1 Å². The van der Waals surface area contributed by atoms with Crippen molar-refractivity contribution in [3.63, 3.8) is 0 Å². The Bertz CT molecular complexity index is 1100. The van der Waals surface area contributed by atoms with Gasteiger partial charge in [0.05, 0.1) is 19.2 Å². The molecule has 2 heterocycles. The van der Waals surface area contributed by atoms with Gasteiger partial charge in [-0.2, -0.15) is 13.2 Å². The average molecular weight is 522 g/mol. The summed E-state index contributed by atoms with van der Waals surface area (Å²) in [5.41, 5.74) is -1.88. The highest BCUT2D eigenvalue weighted by Crippen LogP contribution is 2.43. The first-order chi connectivity index (χ1) is 17.6. The number of nitrogens with one attached hydrogen (secondary N) is 1. The number of likely N-dealkylation sites (tertiary alicyclic amines) is 1. The molecule has 200 valence electrons. The topological polar surface area (TPSA) is 71.5 Å². The van der Waals surface area contributed by atoms with Crippen molar-refractivity contribution in [2.45, 2.75) is 56.4 Å². The van der Waals surface area contributed by atoms with Crippen LogP contribution in [0.1, 0.15) is 60.0 Å². The Labute approximate surface area is 213 Å². The van der Waals surface area contributed by atoms with Crippen molar-refractivity contribution in [1.29, 1.82) is 0 Å². The predicted octanol–water partition coefficient (Wildman–Crippen LogP) is 4.93. The zero-order chi connectivity index (χ0) is 26.6. The van der Waals surface area contributed by atoms with Crippen molar-refractivity contribution in [1.82, 2.24) is 15.2 Å². The Kier molecular flexibility index (Phi) is 8.16. The number of pyridine rings is 1. The van der Waals surface area contributed by atoms with Gasteiger partial charge in [0.1, 0.15) is 5.67 Å². The van der Waals surface area contributed by atoms with E-state index in [0.717, 1.165) is 44.5 Å². The minimum Gasteiger partial charge on any atom is -0.481 e. The lowest BCUT2D eigenvalue weighted by Gasteiger charge is -2.38. The lowest BCUT2D eigenvalue weighted by Crippen LogP contribution is -2.40. The van der Waals surface area contributed by atoms with Crippen molar-refractivity contribution < 1.29 is 31.9 Å². The first kappa shape index (κ1) is 27.0. The molecule has 37 heavy (non-hydrogen) atoms. The van der Waals surface area contributed by atoms with Crippen LogP contribution in [-0.2, 0) is 16.6 Å². The van der Waals surface area contributed by atoms with E-state index < -0.39 is 23.3 Å². The number of ether oxygens (including phenoxy) is 1. The van der Waals surface area contributed by atoms with Gasteiger partial charge in [-0.05, 0) is 68.8 Å². The molecule has 0 radical (unpaired) electrons. The molecule has 6 nitrogen and oxygen atoms in total. The molecule has 1 saturated carbocycles. The number of methoxy groups -OCH3 is 1. The highest BCUT2D eigenvalue weighted by molar-refractivity contribution is 5.96. The van der Waals surface area contributed by atoms with Crippen molar-refractivity contribution >= 4 is 11.7 Å². The minimum absolute atomic E-state index is 0.138. The van der Waals surface area contributed by atoms with Gasteiger partial charge < -0.3 is 15.0 Å². The molecule has 2 fully saturated rings. The third-order valence-electron chi connectivity index (χ3n) is 7.46. The standard InChI is InChI=1S/C27H31F4N3O3/c1-37-24-6-5-21(15-32-24)26(28)10-7-22(8-11-26)34-12-9-18(17-34)13-23(35)16-33-25(36)19-3-2-4-20(14-19)27(29,30)31/h2-6,14-15,18,22H,7-13,16-17H2,1H3,(H,33,36)/t18-,22?,26?/m0/s1. The molecule has 1 aromatic carbocycles. The van der Waals surface area contributed by atoms with E-state index in [1.165, 1.54) is 19.2 Å². The molecule has 1 saturated heterocycles. The number of alkyl halides is 4. The van der Waals surface area contributed by atoms with Crippen LogP contribution >= 0.6 is 0 Å². The lowest BCUT2D eigenvalue weighted by molar-refractivity contribution is -0.137. The molecule has 1 aliphatic heterocycles. The fourth-order valence-electron chi connectivity index (χ4n) is 5.35. The Morgan fingerprint density at radius 3 is 2.57 bits per heavy atom. The maximum Gasteiger partial charge on any atom is 0.416 e. The molecule has 1 amide bonds. The van der Waals surface area contributed by atoms with Crippen LogP contribution in [0.4, 0.5) is 17.6 Å². The summed E-state index contributed by atoms with van der Waals surface area (Å²) in [4.78, 5) is 31.1. The van der Waals surface area contributed by atoms with Crippen LogP contribution in [-0.4, -0.2) is 54.4 Å². The normalized spacial score (nSPS) is 24.6. The molecule has 0 bridgehead atoms. The number of hydrogen-bond acceptors (Lipinski definition) is 5. The summed E-state index contributed by atoms with van der Waals surface area (Å²) in [5.74, 6) is -0.281. The highest BCUT2D eigenvalue weighted by atomic mass is 19.4. The van der Waals surface area contributed by atoms with E-state index in [1.807, 2.05) is 0 Å². The Hall–Kier alpha value is -3.01. The van der Waals surface area contributed by atoms with Crippen molar-refractivity contribution in [3.8, 4) is 5.88 Å². The fourth-order valence-corrected chi connectivity index (χ4v) is 5.35. The maximum atomic E-state index is 15.6. The van der Waals surface area contributed by atoms with E-state index in [0.29, 0.717) is 24.3 Å². The zero-order valence-electron chi connectivity index (χ0n) is 20.7. The first-order valence-electron chi connectivity index (χ1n) is 12.5. The summed E-state index contributed by atoms with van der Waals surface area (Å²) >= 11 is 0. The number of carbonyl (C=O) groups is 2. The van der Waals surface area contributed by atoms with Gasteiger partial charge in [-0.25, -0.2) is 9.37 Å². The van der Waals surface area contributed by atoms with Gasteiger partial charge in [0, 0.05) is 42.4 Å². The third kappa shape index (κ3) is 6.66. The van der Waals surface area contributed by atoms with Crippen LogP contribution in [0.2, 0.25) is 0 Å². The maximum absolute atomic E-state index is 15.6. The molecule has 4 rings (SSSR count). The molecule has 1 atom stereocenters. The van der Waals surface area contributed by atoms with Crippen molar-refractivity contribution in [3.05, 3.63) is 59.3 Å². The highest BCUT2D eigenvalue weighted by Gasteiger charge is 2.40. The average Bonchev–Trinajstić information content (AvgIpc) is 3.35. The molecule has 10 heteroatoms. The second-order valence-corrected chi connectivity index (χ2v) is 9.94. The Morgan fingerprint density at radius 1 is 1.16 bits per heavy atom. The molecule has 1 N–H and O–H groups in total. The van der Waals surface area contributed by atoms with E-state index in [-0.39, 0.29) is 36.3 Å². The van der Waals surface area contributed by atoms with Crippen LogP contribution in [0.5, 0.6) is 5.88 Å². The van der Waals surface area contributed by atoms with E-state index >= 15 is 4.39 Å². The number of nitrogens with zero attached hydrogens (tertiary/aromatic N) is 2. The molecular formula is C27H31F4N3O3. The number of Topliss-reactive ketones (excluding diaryl/α,β-unsaturated/α-hetero) is 1. The molecular weight excluding hydrogens is 490 g/mol. The number of amides is 1. The van der Waals surface area contributed by atoms with E-state index in [1.54, 1.807) is 18.3 Å². The van der Waals surface area contributed by atoms with E-state index in [9.17, 15) is 22.8 Å². The predicted molar refractivity (Wildman–Crippen MR) is 129 cm³/mol. The van der Waals surface area contributed by atoms with Crippen LogP contribution in [0.25, 0.3) is 0 Å². The summed E-state index contributed by atoms with van der Waals surface area (Å²) in [7, 11) is 1.52. The summed E-state index contributed by atoms with van der Waals surface area (Å²) in [6, 6.07) is 7.78. The van der Waals surface area contributed by atoms with Gasteiger partial charge in [-0.15, -0.1) is 0 Å². The largest absolute Gasteiger partial charge is 0.481 e. The number of ketones is 1. The molecule has 0 spiro atoms. The minimum atomic E-state index is -4.54. The zero-order valence-corrected chi connectivity index (χ0v) is 20.7. The van der Waals surface area contributed by atoms with Gasteiger partial charge in [-0.1, -0.05) is 6.07 Å². The number of aromatic nitrogens is 1. The molecule has 1 aliphatic carbocycles. The van der Waals surface area contributed by atoms with Crippen molar-refractivity contribution in [2.24, 2.45) is 5.92 Å². The second kappa shape index (κ2) is 11.2. The van der Waals surface area contributed by atoms with Crippen molar-refractivity contribution in [2.75, 3.05) is 26.7 Å². The third-order valence-corrected chi connectivity index (χ3v) is 7.46. The van der Waals surface area contributed by atoms with Gasteiger partial charge in [0.15, 0.2) is 5.78 Å². The van der Waals surface area contributed by atoms with Gasteiger partial charge in [-0.3, -0.25) is 9.59 Å².